The molecule has 6 heteroatoms. The van der Waals surface area contributed by atoms with Crippen molar-refractivity contribution in [3.63, 3.8) is 0 Å². The molecule has 0 radical (unpaired) electrons. The molecule has 0 aliphatic rings. The lowest BCUT2D eigenvalue weighted by Crippen LogP contribution is -2.13. The normalized spacial score (nSPS) is 10.2. The Morgan fingerprint density at radius 1 is 1.53 bits per heavy atom. The molecule has 0 saturated carbocycles. The molecule has 2 rings (SSSR count). The summed E-state index contributed by atoms with van der Waals surface area (Å²) in [5.41, 5.74) is 7.66. The van der Waals surface area contributed by atoms with Gasteiger partial charge in [0.2, 0.25) is 0 Å². The second kappa shape index (κ2) is 4.58. The van der Waals surface area contributed by atoms with Crippen molar-refractivity contribution < 1.29 is 4.79 Å². The minimum atomic E-state index is -0.210. The fourth-order valence-electron chi connectivity index (χ4n) is 1.33. The van der Waals surface area contributed by atoms with Crippen LogP contribution in [-0.2, 0) is 0 Å². The number of benzene rings is 1. The minimum Gasteiger partial charge on any atom is -0.398 e. The van der Waals surface area contributed by atoms with E-state index in [2.05, 4.69) is 31.4 Å². The number of amides is 1. The number of H-pyrrole nitrogens is 1. The van der Waals surface area contributed by atoms with Gasteiger partial charge in [-0.15, -0.1) is 0 Å². The molecule has 17 heavy (non-hydrogen) atoms. The molecule has 88 valence electrons. The van der Waals surface area contributed by atoms with Gasteiger partial charge in [0.25, 0.3) is 5.91 Å². The smallest absolute Gasteiger partial charge is 0.256 e. The zero-order valence-electron chi connectivity index (χ0n) is 9.12. The number of nitrogens with one attached hydrogen (secondary N) is 2. The third-order valence-electron chi connectivity index (χ3n) is 2.33. The van der Waals surface area contributed by atoms with Crippen LogP contribution in [0.3, 0.4) is 0 Å². The average molecular weight is 295 g/mol. The van der Waals surface area contributed by atoms with Crippen molar-refractivity contribution in [1.82, 2.24) is 10.2 Å². The van der Waals surface area contributed by atoms with Crippen molar-refractivity contribution in [3.05, 3.63) is 40.0 Å². The Kier molecular flexibility index (Phi) is 3.14. The van der Waals surface area contributed by atoms with E-state index in [4.69, 9.17) is 5.73 Å². The quantitative estimate of drug-likeness (QED) is 0.743. The van der Waals surface area contributed by atoms with Crippen molar-refractivity contribution in [2.45, 2.75) is 6.92 Å². The van der Waals surface area contributed by atoms with Gasteiger partial charge < -0.3 is 11.1 Å². The van der Waals surface area contributed by atoms with E-state index in [1.165, 1.54) is 0 Å². The number of rotatable bonds is 2. The third kappa shape index (κ3) is 2.47. The Balaban J connectivity index is 2.20. The van der Waals surface area contributed by atoms with Crippen LogP contribution in [0, 0.1) is 6.92 Å². The van der Waals surface area contributed by atoms with Gasteiger partial charge in [0.1, 0.15) is 5.82 Å². The number of nitrogen functional groups attached to an aromatic ring is 1. The summed E-state index contributed by atoms with van der Waals surface area (Å²) in [4.78, 5) is 11.9. The molecule has 1 aromatic carbocycles. The topological polar surface area (TPSA) is 83.8 Å². The number of aromatic nitrogens is 2. The molecule has 1 heterocycles. The number of nitrogens with zero attached hydrogens (tertiary/aromatic N) is 1. The maximum atomic E-state index is 11.9. The SMILES string of the molecule is Cc1cn[nH]c1NC(=O)c1ccc(N)c(Br)c1. The summed E-state index contributed by atoms with van der Waals surface area (Å²) in [5.74, 6) is 0.390. The van der Waals surface area contributed by atoms with E-state index >= 15 is 0 Å². The van der Waals surface area contributed by atoms with Gasteiger partial charge in [-0.2, -0.15) is 5.10 Å². The first-order valence-electron chi connectivity index (χ1n) is 4.94. The van der Waals surface area contributed by atoms with E-state index in [0.29, 0.717) is 21.5 Å². The Hall–Kier alpha value is -1.82. The second-order valence-electron chi connectivity index (χ2n) is 3.62. The molecule has 0 bridgehead atoms. The van der Waals surface area contributed by atoms with Gasteiger partial charge in [-0.1, -0.05) is 0 Å². The van der Waals surface area contributed by atoms with Gasteiger partial charge >= 0.3 is 0 Å². The second-order valence-corrected chi connectivity index (χ2v) is 4.47. The fourth-order valence-corrected chi connectivity index (χ4v) is 1.71. The van der Waals surface area contributed by atoms with Gasteiger partial charge in [-0.25, -0.2) is 0 Å². The van der Waals surface area contributed by atoms with Gasteiger partial charge in [0.05, 0.1) is 6.20 Å². The Labute approximate surface area is 107 Å². The first kappa shape index (κ1) is 11.7. The molecule has 0 aliphatic heterocycles. The summed E-state index contributed by atoms with van der Waals surface area (Å²) in [7, 11) is 0. The first-order valence-corrected chi connectivity index (χ1v) is 5.73. The molecule has 2 aromatic rings. The number of aryl methyl sites for hydroxylation is 1. The van der Waals surface area contributed by atoms with Crippen LogP contribution in [0.5, 0.6) is 0 Å². The molecule has 4 N–H and O–H groups in total. The lowest BCUT2D eigenvalue weighted by atomic mass is 10.2. The lowest BCUT2D eigenvalue weighted by Gasteiger charge is -2.05. The maximum Gasteiger partial charge on any atom is 0.256 e. The molecular weight excluding hydrogens is 284 g/mol. The van der Waals surface area contributed by atoms with Crippen molar-refractivity contribution in [2.24, 2.45) is 0 Å². The maximum absolute atomic E-state index is 11.9. The highest BCUT2D eigenvalue weighted by molar-refractivity contribution is 9.10. The Morgan fingerprint density at radius 2 is 2.29 bits per heavy atom. The van der Waals surface area contributed by atoms with Crippen LogP contribution in [0.25, 0.3) is 0 Å². The number of aromatic amines is 1. The van der Waals surface area contributed by atoms with E-state index in [0.717, 1.165) is 5.56 Å². The molecule has 0 atom stereocenters. The number of carbonyl (C=O) groups is 1. The van der Waals surface area contributed by atoms with Crippen LogP contribution in [0.2, 0.25) is 0 Å². The van der Waals surface area contributed by atoms with Crippen LogP contribution in [0.1, 0.15) is 15.9 Å². The number of carbonyl (C=O) groups excluding carboxylic acids is 1. The van der Waals surface area contributed by atoms with E-state index < -0.39 is 0 Å². The van der Waals surface area contributed by atoms with Crippen LogP contribution in [-0.4, -0.2) is 16.1 Å². The minimum absolute atomic E-state index is 0.210. The van der Waals surface area contributed by atoms with E-state index in [1.807, 2.05) is 6.92 Å². The number of hydrogen-bond donors (Lipinski definition) is 3. The molecule has 1 aromatic heterocycles. The predicted octanol–water partition coefficient (Wildman–Crippen LogP) is 2.32. The number of hydrogen-bond acceptors (Lipinski definition) is 3. The van der Waals surface area contributed by atoms with Crippen molar-refractivity contribution >= 4 is 33.3 Å². The standard InChI is InChI=1S/C11H11BrN4O/c1-6-5-14-16-10(6)15-11(17)7-2-3-9(13)8(12)4-7/h2-5H,13H2,1H3,(H2,14,15,16,17). The van der Waals surface area contributed by atoms with Crippen molar-refractivity contribution in [3.8, 4) is 0 Å². The van der Waals surface area contributed by atoms with Crippen LogP contribution in [0.4, 0.5) is 11.5 Å². The van der Waals surface area contributed by atoms with E-state index in [9.17, 15) is 4.79 Å². The molecule has 5 nitrogen and oxygen atoms in total. The fraction of sp³-hybridized carbons (Fsp3) is 0.0909. The zero-order chi connectivity index (χ0) is 12.4. The number of anilines is 2. The number of nitrogens with two attached hydrogens (primary N) is 1. The van der Waals surface area contributed by atoms with Gasteiger partial charge in [-0.3, -0.25) is 9.89 Å². The summed E-state index contributed by atoms with van der Waals surface area (Å²) in [6, 6.07) is 5.02. The van der Waals surface area contributed by atoms with Gasteiger partial charge in [0.15, 0.2) is 0 Å². The van der Waals surface area contributed by atoms with Crippen LogP contribution < -0.4 is 11.1 Å². The largest absolute Gasteiger partial charge is 0.398 e. The molecule has 0 unspecified atom stereocenters. The van der Waals surface area contributed by atoms with E-state index in [-0.39, 0.29) is 5.91 Å². The predicted molar refractivity (Wildman–Crippen MR) is 69.8 cm³/mol. The number of halogens is 1. The summed E-state index contributed by atoms with van der Waals surface area (Å²) >= 11 is 3.28. The third-order valence-corrected chi connectivity index (χ3v) is 3.02. The zero-order valence-corrected chi connectivity index (χ0v) is 10.7. The first-order chi connectivity index (χ1) is 8.08. The summed E-state index contributed by atoms with van der Waals surface area (Å²) in [5, 5.41) is 9.28. The molecule has 0 spiro atoms. The molecular formula is C11H11BrN4O. The van der Waals surface area contributed by atoms with Gasteiger partial charge in [-0.05, 0) is 41.1 Å². The highest BCUT2D eigenvalue weighted by Crippen LogP contribution is 2.21. The highest BCUT2D eigenvalue weighted by Gasteiger charge is 2.09. The molecule has 0 saturated heterocycles. The Bertz CT molecular complexity index is 564. The molecule has 1 amide bonds. The molecule has 0 aliphatic carbocycles. The summed E-state index contributed by atoms with van der Waals surface area (Å²) in [6.07, 6.45) is 1.65. The van der Waals surface area contributed by atoms with Crippen LogP contribution in [0.15, 0.2) is 28.9 Å². The van der Waals surface area contributed by atoms with E-state index in [1.54, 1.807) is 24.4 Å². The average Bonchev–Trinajstić information content (AvgIpc) is 2.68. The Morgan fingerprint density at radius 3 is 2.88 bits per heavy atom. The summed E-state index contributed by atoms with van der Waals surface area (Å²) in [6.45, 7) is 1.86. The van der Waals surface area contributed by atoms with Gasteiger partial charge in [0, 0.05) is 21.3 Å². The summed E-state index contributed by atoms with van der Waals surface area (Å²) < 4.78 is 0.700. The van der Waals surface area contributed by atoms with Crippen molar-refractivity contribution in [1.29, 1.82) is 0 Å². The van der Waals surface area contributed by atoms with Crippen molar-refractivity contribution in [2.75, 3.05) is 11.1 Å². The molecule has 0 fully saturated rings. The monoisotopic (exact) mass is 294 g/mol. The lowest BCUT2D eigenvalue weighted by molar-refractivity contribution is 0.102. The highest BCUT2D eigenvalue weighted by atomic mass is 79.9. The van der Waals surface area contributed by atoms with Crippen LogP contribution >= 0.6 is 15.9 Å².